The quantitative estimate of drug-likeness (QED) is 0.793. The Balaban J connectivity index is 2.54. The van der Waals surface area contributed by atoms with E-state index in [9.17, 15) is 12.8 Å². The monoisotopic (exact) mass is 288 g/mol. The first-order chi connectivity index (χ1) is 8.86. The topological polar surface area (TPSA) is 58.2 Å². The summed E-state index contributed by atoms with van der Waals surface area (Å²) in [6.45, 7) is 4.20. The molecule has 108 valence electrons. The van der Waals surface area contributed by atoms with E-state index in [0.29, 0.717) is 19.5 Å². The van der Waals surface area contributed by atoms with Crippen LogP contribution in [-0.4, -0.2) is 33.8 Å². The molecule has 0 amide bonds. The van der Waals surface area contributed by atoms with E-state index in [4.69, 9.17) is 0 Å². The molecule has 4 nitrogen and oxygen atoms in total. The largest absolute Gasteiger partial charge is 0.318 e. The first kappa shape index (κ1) is 16.1. The van der Waals surface area contributed by atoms with Crippen molar-refractivity contribution >= 4 is 10.0 Å². The highest BCUT2D eigenvalue weighted by Gasteiger charge is 2.18. The van der Waals surface area contributed by atoms with Crippen LogP contribution in [0.5, 0.6) is 0 Å². The molecule has 6 heteroatoms. The highest BCUT2D eigenvalue weighted by molar-refractivity contribution is 7.90. The van der Waals surface area contributed by atoms with Gasteiger partial charge in [-0.3, -0.25) is 0 Å². The van der Waals surface area contributed by atoms with Gasteiger partial charge < -0.3 is 5.32 Å². The molecule has 1 unspecified atom stereocenters. The van der Waals surface area contributed by atoms with E-state index >= 15 is 0 Å². The molecule has 0 fully saturated rings. The third-order valence-electron chi connectivity index (χ3n) is 3.02. The summed E-state index contributed by atoms with van der Waals surface area (Å²) in [6.07, 6.45) is 0.553. The Bertz CT molecular complexity index is 517. The second kappa shape index (κ2) is 6.98. The van der Waals surface area contributed by atoms with Crippen molar-refractivity contribution in [3.8, 4) is 0 Å². The van der Waals surface area contributed by atoms with Crippen molar-refractivity contribution in [3.05, 3.63) is 35.1 Å². The molecule has 0 bridgehead atoms. The van der Waals surface area contributed by atoms with Gasteiger partial charge in [-0.15, -0.1) is 0 Å². The van der Waals surface area contributed by atoms with E-state index in [-0.39, 0.29) is 5.82 Å². The molecule has 0 radical (unpaired) electrons. The zero-order valence-corrected chi connectivity index (χ0v) is 12.3. The Morgan fingerprint density at radius 2 is 2.05 bits per heavy atom. The van der Waals surface area contributed by atoms with Gasteiger partial charge in [0.25, 0.3) is 0 Å². The molecule has 1 aromatic rings. The van der Waals surface area contributed by atoms with Gasteiger partial charge in [0.15, 0.2) is 0 Å². The van der Waals surface area contributed by atoms with Gasteiger partial charge in [0.1, 0.15) is 5.82 Å². The average molecular weight is 288 g/mol. The molecule has 0 aliphatic heterocycles. The normalized spacial score (nSPS) is 13.5. The Labute approximate surface area is 114 Å². The van der Waals surface area contributed by atoms with Gasteiger partial charge in [-0.05, 0) is 50.6 Å². The summed E-state index contributed by atoms with van der Waals surface area (Å²) in [5, 5.41) is 2.36. The fraction of sp³-hybridized carbons (Fsp3) is 0.538. The SMILES string of the molecule is CNCC(C)S(=O)(=O)NCCc1ccc(F)cc1C. The molecule has 0 saturated carbocycles. The van der Waals surface area contributed by atoms with Crippen LogP contribution in [0.3, 0.4) is 0 Å². The maximum absolute atomic E-state index is 12.9. The fourth-order valence-electron chi connectivity index (χ4n) is 1.81. The number of benzene rings is 1. The van der Waals surface area contributed by atoms with Crippen molar-refractivity contribution in [2.45, 2.75) is 25.5 Å². The number of hydrogen-bond acceptors (Lipinski definition) is 3. The summed E-state index contributed by atoms with van der Waals surface area (Å²) in [4.78, 5) is 0. The first-order valence-electron chi connectivity index (χ1n) is 6.25. The van der Waals surface area contributed by atoms with E-state index in [1.165, 1.54) is 12.1 Å². The summed E-state index contributed by atoms with van der Waals surface area (Å²) < 4.78 is 39.2. The number of aryl methyl sites for hydroxylation is 1. The van der Waals surface area contributed by atoms with Gasteiger partial charge in [-0.2, -0.15) is 0 Å². The lowest BCUT2D eigenvalue weighted by Gasteiger charge is -2.13. The molecule has 0 saturated heterocycles. The van der Waals surface area contributed by atoms with Gasteiger partial charge in [0.2, 0.25) is 10.0 Å². The molecule has 1 aromatic carbocycles. The van der Waals surface area contributed by atoms with E-state index in [1.54, 1.807) is 20.0 Å². The first-order valence-corrected chi connectivity index (χ1v) is 7.79. The second-order valence-corrected chi connectivity index (χ2v) is 6.81. The number of nitrogens with one attached hydrogen (secondary N) is 2. The van der Waals surface area contributed by atoms with Crippen LogP contribution in [0, 0.1) is 12.7 Å². The molecule has 0 spiro atoms. The zero-order chi connectivity index (χ0) is 14.5. The summed E-state index contributed by atoms with van der Waals surface area (Å²) in [5.41, 5.74) is 1.79. The maximum atomic E-state index is 12.9. The molecule has 19 heavy (non-hydrogen) atoms. The van der Waals surface area contributed by atoms with Crippen LogP contribution in [0.15, 0.2) is 18.2 Å². The highest BCUT2D eigenvalue weighted by atomic mass is 32.2. The second-order valence-electron chi connectivity index (χ2n) is 4.63. The number of hydrogen-bond donors (Lipinski definition) is 2. The lowest BCUT2D eigenvalue weighted by atomic mass is 10.1. The molecular weight excluding hydrogens is 267 g/mol. The Kier molecular flexibility index (Phi) is 5.90. The smallest absolute Gasteiger partial charge is 0.215 e. The van der Waals surface area contributed by atoms with E-state index in [1.807, 2.05) is 6.92 Å². The van der Waals surface area contributed by atoms with Crippen molar-refractivity contribution in [3.63, 3.8) is 0 Å². The molecule has 0 aliphatic carbocycles. The Hall–Kier alpha value is -0.980. The van der Waals surface area contributed by atoms with Crippen LogP contribution in [0.1, 0.15) is 18.1 Å². The van der Waals surface area contributed by atoms with Crippen molar-refractivity contribution in [2.75, 3.05) is 20.1 Å². The number of halogens is 1. The fourth-order valence-corrected chi connectivity index (χ4v) is 2.86. The predicted molar refractivity (Wildman–Crippen MR) is 75.2 cm³/mol. The van der Waals surface area contributed by atoms with Gasteiger partial charge in [0, 0.05) is 13.1 Å². The van der Waals surface area contributed by atoms with Gasteiger partial charge in [0.05, 0.1) is 5.25 Å². The molecule has 0 aromatic heterocycles. The van der Waals surface area contributed by atoms with Crippen LogP contribution in [-0.2, 0) is 16.4 Å². The highest BCUT2D eigenvalue weighted by Crippen LogP contribution is 2.10. The summed E-state index contributed by atoms with van der Waals surface area (Å²) in [6, 6.07) is 4.53. The van der Waals surface area contributed by atoms with Crippen molar-refractivity contribution in [1.29, 1.82) is 0 Å². The van der Waals surface area contributed by atoms with Crippen LogP contribution < -0.4 is 10.0 Å². The lowest BCUT2D eigenvalue weighted by molar-refractivity contribution is 0.563. The van der Waals surface area contributed by atoms with Crippen LogP contribution in [0.2, 0.25) is 0 Å². The van der Waals surface area contributed by atoms with Crippen molar-refractivity contribution < 1.29 is 12.8 Å². The summed E-state index contributed by atoms with van der Waals surface area (Å²) >= 11 is 0. The summed E-state index contributed by atoms with van der Waals surface area (Å²) in [7, 11) is -1.58. The van der Waals surface area contributed by atoms with Crippen molar-refractivity contribution in [1.82, 2.24) is 10.0 Å². The minimum absolute atomic E-state index is 0.274. The third-order valence-corrected chi connectivity index (χ3v) is 4.86. The number of rotatable bonds is 7. The van der Waals surface area contributed by atoms with Gasteiger partial charge in [-0.1, -0.05) is 6.07 Å². The number of sulfonamides is 1. The van der Waals surface area contributed by atoms with E-state index in [2.05, 4.69) is 10.0 Å². The van der Waals surface area contributed by atoms with E-state index < -0.39 is 15.3 Å². The molecule has 0 heterocycles. The van der Waals surface area contributed by atoms with Crippen LogP contribution in [0.4, 0.5) is 4.39 Å². The zero-order valence-electron chi connectivity index (χ0n) is 11.5. The summed E-state index contributed by atoms with van der Waals surface area (Å²) in [5.74, 6) is -0.274. The Morgan fingerprint density at radius 3 is 2.63 bits per heavy atom. The molecule has 2 N–H and O–H groups in total. The van der Waals surface area contributed by atoms with Gasteiger partial charge >= 0.3 is 0 Å². The maximum Gasteiger partial charge on any atom is 0.215 e. The third kappa shape index (κ3) is 4.89. The average Bonchev–Trinajstić information content (AvgIpc) is 2.32. The lowest BCUT2D eigenvalue weighted by Crippen LogP contribution is -2.38. The molecule has 1 rings (SSSR count). The van der Waals surface area contributed by atoms with Crippen LogP contribution in [0.25, 0.3) is 0 Å². The van der Waals surface area contributed by atoms with Crippen LogP contribution >= 0.6 is 0 Å². The Morgan fingerprint density at radius 1 is 1.37 bits per heavy atom. The van der Waals surface area contributed by atoms with Gasteiger partial charge in [-0.25, -0.2) is 17.5 Å². The van der Waals surface area contributed by atoms with E-state index in [0.717, 1.165) is 11.1 Å². The molecule has 0 aliphatic rings. The molecular formula is C13H21FN2O2S. The predicted octanol–water partition coefficient (Wildman–Crippen LogP) is 1.20. The minimum atomic E-state index is -3.30. The standard InChI is InChI=1S/C13H21FN2O2S/c1-10-8-13(14)5-4-12(10)6-7-16-19(17,18)11(2)9-15-3/h4-5,8,11,15-16H,6-7,9H2,1-3H3. The minimum Gasteiger partial charge on any atom is -0.318 e. The van der Waals surface area contributed by atoms with Crippen molar-refractivity contribution in [2.24, 2.45) is 0 Å². The molecule has 1 atom stereocenters.